The number of rotatable bonds is 5. The van der Waals surface area contributed by atoms with E-state index in [4.69, 9.17) is 15.9 Å². The molecular formula is C34H31F2N5O4. The Morgan fingerprint density at radius 3 is 2.76 bits per heavy atom. The fraction of sp³-hybridized carbons (Fsp3) is 0.324. The number of aromatic nitrogens is 3. The van der Waals surface area contributed by atoms with Crippen molar-refractivity contribution in [3.8, 4) is 47.2 Å². The molecule has 0 saturated carbocycles. The SMILES string of the molecule is C#Cc1c(F)ccc2cc(O)cc(-c3nc(C#CC)c4c(N5C=COCC(C)(O)C5)nc(OC[C@@H]5CCCN5C)nc4c3F)c12. The molecule has 2 aromatic carbocycles. The number of aromatic hydroxyl groups is 1. The van der Waals surface area contributed by atoms with E-state index in [1.54, 1.807) is 24.9 Å². The number of benzene rings is 2. The number of nitrogens with zero attached hydrogens (tertiary/aromatic N) is 5. The van der Waals surface area contributed by atoms with Crippen LogP contribution in [0.15, 0.2) is 36.7 Å². The molecule has 1 saturated heterocycles. The number of hydrogen-bond acceptors (Lipinski definition) is 9. The molecule has 45 heavy (non-hydrogen) atoms. The molecule has 2 N–H and O–H groups in total. The zero-order valence-electron chi connectivity index (χ0n) is 25.1. The lowest BCUT2D eigenvalue weighted by atomic mass is 9.95. The van der Waals surface area contributed by atoms with Gasteiger partial charge in [-0.3, -0.25) is 0 Å². The molecule has 2 aromatic heterocycles. The van der Waals surface area contributed by atoms with Crippen molar-refractivity contribution in [2.45, 2.75) is 38.3 Å². The lowest BCUT2D eigenvalue weighted by molar-refractivity contribution is 0.00798. The van der Waals surface area contributed by atoms with Gasteiger partial charge >= 0.3 is 6.01 Å². The van der Waals surface area contributed by atoms with Crippen molar-refractivity contribution in [3.63, 3.8) is 0 Å². The van der Waals surface area contributed by atoms with Gasteiger partial charge in [0.2, 0.25) is 0 Å². The average molecular weight is 612 g/mol. The fourth-order valence-electron chi connectivity index (χ4n) is 5.86. The number of fused-ring (bicyclic) bond motifs is 2. The Hall–Kier alpha value is -4.97. The van der Waals surface area contributed by atoms with Crippen molar-refractivity contribution >= 4 is 27.5 Å². The summed E-state index contributed by atoms with van der Waals surface area (Å²) in [6.07, 6.45) is 10.7. The first-order valence-corrected chi connectivity index (χ1v) is 14.5. The van der Waals surface area contributed by atoms with Gasteiger partial charge in [-0.15, -0.1) is 6.42 Å². The number of aliphatic hydroxyl groups is 1. The fourth-order valence-corrected chi connectivity index (χ4v) is 5.86. The second-order valence-corrected chi connectivity index (χ2v) is 11.5. The Labute approximate surface area is 259 Å². The Morgan fingerprint density at radius 1 is 1.20 bits per heavy atom. The molecule has 6 rings (SSSR count). The number of ether oxygens (including phenoxy) is 2. The van der Waals surface area contributed by atoms with Crippen LogP contribution in [0.5, 0.6) is 11.8 Å². The molecule has 0 bridgehead atoms. The van der Waals surface area contributed by atoms with Crippen LogP contribution in [0.3, 0.4) is 0 Å². The molecular weight excluding hydrogens is 580 g/mol. The first kappa shape index (κ1) is 30.1. The van der Waals surface area contributed by atoms with Crippen molar-refractivity contribution in [3.05, 3.63) is 59.6 Å². The van der Waals surface area contributed by atoms with Crippen LogP contribution in [-0.2, 0) is 4.74 Å². The minimum Gasteiger partial charge on any atom is -0.508 e. The molecule has 11 heteroatoms. The van der Waals surface area contributed by atoms with E-state index < -0.39 is 17.2 Å². The van der Waals surface area contributed by atoms with E-state index in [9.17, 15) is 14.6 Å². The largest absolute Gasteiger partial charge is 0.508 e. The summed E-state index contributed by atoms with van der Waals surface area (Å²) in [5.41, 5.74) is -1.60. The van der Waals surface area contributed by atoms with Crippen LogP contribution in [0.2, 0.25) is 0 Å². The van der Waals surface area contributed by atoms with Gasteiger partial charge in [-0.1, -0.05) is 17.9 Å². The van der Waals surface area contributed by atoms with Gasteiger partial charge in [0.15, 0.2) is 11.6 Å². The van der Waals surface area contributed by atoms with Crippen LogP contribution in [-0.4, -0.2) is 75.1 Å². The summed E-state index contributed by atoms with van der Waals surface area (Å²) in [6.45, 7) is 4.51. The van der Waals surface area contributed by atoms with Gasteiger partial charge in [0.1, 0.15) is 47.3 Å². The zero-order valence-corrected chi connectivity index (χ0v) is 25.1. The van der Waals surface area contributed by atoms with Crippen molar-refractivity contribution in [2.75, 3.05) is 38.3 Å². The molecule has 1 fully saturated rings. The number of β-amino-alcohol motifs (C(OH)–C–C–N with tert-alkyl or cyclic N) is 1. The summed E-state index contributed by atoms with van der Waals surface area (Å²) in [5, 5.41) is 22.3. The number of terminal acetylenes is 1. The molecule has 9 nitrogen and oxygen atoms in total. The van der Waals surface area contributed by atoms with E-state index in [-0.39, 0.29) is 82.2 Å². The van der Waals surface area contributed by atoms with Crippen molar-refractivity contribution in [1.29, 1.82) is 0 Å². The Balaban J connectivity index is 1.64. The molecule has 230 valence electrons. The highest BCUT2D eigenvalue weighted by Gasteiger charge is 2.31. The lowest BCUT2D eigenvalue weighted by Gasteiger charge is -2.28. The maximum Gasteiger partial charge on any atom is 0.319 e. The van der Waals surface area contributed by atoms with E-state index >= 15 is 4.39 Å². The summed E-state index contributed by atoms with van der Waals surface area (Å²) in [6, 6.07) is 5.39. The van der Waals surface area contributed by atoms with E-state index in [0.29, 0.717) is 5.39 Å². The smallest absolute Gasteiger partial charge is 0.319 e. The van der Waals surface area contributed by atoms with Gasteiger partial charge in [0, 0.05) is 23.2 Å². The Bertz CT molecular complexity index is 1960. The number of halogens is 2. The second kappa shape index (κ2) is 11.8. The maximum absolute atomic E-state index is 16.9. The molecule has 2 aliphatic rings. The minimum atomic E-state index is -1.28. The molecule has 4 heterocycles. The lowest BCUT2D eigenvalue weighted by Crippen LogP contribution is -2.41. The van der Waals surface area contributed by atoms with Crippen LogP contribution >= 0.6 is 0 Å². The quantitative estimate of drug-likeness (QED) is 0.311. The Kier molecular flexibility index (Phi) is 7.92. The first-order valence-electron chi connectivity index (χ1n) is 14.5. The van der Waals surface area contributed by atoms with Crippen LogP contribution in [0.25, 0.3) is 32.9 Å². The van der Waals surface area contributed by atoms with Crippen LogP contribution in [0, 0.1) is 35.8 Å². The predicted molar refractivity (Wildman–Crippen MR) is 167 cm³/mol. The normalized spacial score (nSPS) is 20.0. The zero-order chi connectivity index (χ0) is 31.9. The molecule has 0 aliphatic carbocycles. The third kappa shape index (κ3) is 5.68. The molecule has 2 aliphatic heterocycles. The summed E-state index contributed by atoms with van der Waals surface area (Å²) in [4.78, 5) is 17.6. The molecule has 1 unspecified atom stereocenters. The minimum absolute atomic E-state index is 0.0252. The number of likely N-dealkylation sites (N-methyl/N-ethyl adjacent to an activating group) is 1. The van der Waals surface area contributed by atoms with E-state index in [0.717, 1.165) is 19.4 Å². The van der Waals surface area contributed by atoms with E-state index in [2.05, 4.69) is 37.6 Å². The second-order valence-electron chi connectivity index (χ2n) is 11.5. The number of pyridine rings is 1. The van der Waals surface area contributed by atoms with Gasteiger partial charge in [-0.05, 0) is 69.8 Å². The average Bonchev–Trinajstić information content (AvgIpc) is 3.33. The summed E-state index contributed by atoms with van der Waals surface area (Å²) in [5.74, 6) is 6.55. The number of hydrogen-bond donors (Lipinski definition) is 2. The summed E-state index contributed by atoms with van der Waals surface area (Å²) >= 11 is 0. The molecule has 0 spiro atoms. The van der Waals surface area contributed by atoms with Crippen molar-refractivity contribution in [1.82, 2.24) is 19.9 Å². The maximum atomic E-state index is 16.9. The van der Waals surface area contributed by atoms with Crippen molar-refractivity contribution in [2.24, 2.45) is 0 Å². The summed E-state index contributed by atoms with van der Waals surface area (Å²) in [7, 11) is 2.01. The molecule has 0 amide bonds. The van der Waals surface area contributed by atoms with Gasteiger partial charge in [0.05, 0.1) is 23.8 Å². The topological polar surface area (TPSA) is 104 Å². The third-order valence-corrected chi connectivity index (χ3v) is 8.03. The van der Waals surface area contributed by atoms with Crippen LogP contribution in [0.4, 0.5) is 14.6 Å². The van der Waals surface area contributed by atoms with Gasteiger partial charge in [-0.25, -0.2) is 13.8 Å². The highest BCUT2D eigenvalue weighted by Crippen LogP contribution is 2.40. The number of phenolic OH excluding ortho intramolecular Hbond substituents is 1. The highest BCUT2D eigenvalue weighted by molar-refractivity contribution is 6.04. The number of phenols is 1. The van der Waals surface area contributed by atoms with Gasteiger partial charge in [0.25, 0.3) is 0 Å². The molecule has 2 atom stereocenters. The van der Waals surface area contributed by atoms with E-state index in [1.165, 1.54) is 30.5 Å². The number of likely N-dealkylation sites (tertiary alicyclic amines) is 1. The van der Waals surface area contributed by atoms with Crippen molar-refractivity contribution < 1.29 is 28.5 Å². The molecule has 4 aromatic rings. The monoisotopic (exact) mass is 611 g/mol. The highest BCUT2D eigenvalue weighted by atomic mass is 19.1. The predicted octanol–water partition coefficient (Wildman–Crippen LogP) is 4.71. The number of anilines is 1. The third-order valence-electron chi connectivity index (χ3n) is 8.03. The summed E-state index contributed by atoms with van der Waals surface area (Å²) < 4.78 is 43.4. The van der Waals surface area contributed by atoms with Crippen LogP contribution < -0.4 is 9.64 Å². The van der Waals surface area contributed by atoms with E-state index in [1.807, 2.05) is 7.05 Å². The first-order chi connectivity index (χ1) is 21.6. The van der Waals surface area contributed by atoms with Crippen LogP contribution in [0.1, 0.15) is 37.9 Å². The standard InChI is InChI=1S/C34H31F2N5O4/c1-5-8-26-28-31(29(36)30(37-26)24-16-22(42)15-20-10-11-25(35)23(6-2)27(20)24)38-33(45-17-21-9-7-12-40(21)4)39-32(28)41-13-14-44-19-34(3,43)18-41/h2,10-11,13-16,21,42-43H,7,9,12,17-19H2,1,3-4H3/t21-,34?/m0/s1. The van der Waals surface area contributed by atoms with Gasteiger partial charge < -0.3 is 29.5 Å². The molecule has 0 radical (unpaired) electrons. The Morgan fingerprint density at radius 2 is 2.02 bits per heavy atom. The van der Waals surface area contributed by atoms with Gasteiger partial charge in [-0.2, -0.15) is 9.97 Å².